The van der Waals surface area contributed by atoms with Crippen molar-refractivity contribution in [3.8, 4) is 11.3 Å². The van der Waals surface area contributed by atoms with Gasteiger partial charge < -0.3 is 5.73 Å². The van der Waals surface area contributed by atoms with Crippen molar-refractivity contribution in [2.24, 2.45) is 0 Å². The van der Waals surface area contributed by atoms with Gasteiger partial charge in [0.2, 0.25) is 0 Å². The fourth-order valence-corrected chi connectivity index (χ4v) is 1.74. The molecule has 0 spiro atoms. The first-order chi connectivity index (χ1) is 7.09. The lowest BCUT2D eigenvalue weighted by Crippen LogP contribution is -1.85. The molecule has 3 N–H and O–H groups in total. The average Bonchev–Trinajstić information content (AvgIpc) is 2.53. The molecule has 0 radical (unpaired) electrons. The van der Waals surface area contributed by atoms with E-state index in [1.54, 1.807) is 19.1 Å². The van der Waals surface area contributed by atoms with Crippen molar-refractivity contribution in [2.45, 2.75) is 6.92 Å². The minimum absolute atomic E-state index is 0.220. The van der Waals surface area contributed by atoms with Gasteiger partial charge in [0.25, 0.3) is 0 Å². The zero-order chi connectivity index (χ0) is 11.0. The van der Waals surface area contributed by atoms with E-state index >= 15 is 0 Å². The Kier molecular flexibility index (Phi) is 2.48. The monoisotopic (exact) mass is 269 g/mol. The maximum Gasteiger partial charge on any atom is 0.160 e. The number of hydrogen-bond donors (Lipinski definition) is 2. The van der Waals surface area contributed by atoms with Crippen LogP contribution in [0.3, 0.4) is 0 Å². The van der Waals surface area contributed by atoms with Crippen molar-refractivity contribution in [1.82, 2.24) is 10.2 Å². The van der Waals surface area contributed by atoms with Gasteiger partial charge in [0.05, 0.1) is 10.2 Å². The van der Waals surface area contributed by atoms with E-state index in [4.69, 9.17) is 5.73 Å². The van der Waals surface area contributed by atoms with Crippen LogP contribution in [-0.2, 0) is 0 Å². The van der Waals surface area contributed by atoms with Gasteiger partial charge in [-0.3, -0.25) is 5.10 Å². The van der Waals surface area contributed by atoms with Crippen molar-refractivity contribution in [3.05, 3.63) is 34.1 Å². The molecule has 15 heavy (non-hydrogen) atoms. The molecule has 2 rings (SSSR count). The zero-order valence-corrected chi connectivity index (χ0v) is 9.60. The summed E-state index contributed by atoms with van der Waals surface area (Å²) in [5.74, 6) is 0.175. The van der Waals surface area contributed by atoms with E-state index < -0.39 is 0 Å². The summed E-state index contributed by atoms with van der Waals surface area (Å²) in [6.07, 6.45) is 0. The molecule has 0 aliphatic heterocycles. The Labute approximate surface area is 94.6 Å². The Balaban J connectivity index is 2.55. The van der Waals surface area contributed by atoms with E-state index in [1.165, 1.54) is 6.07 Å². The fraction of sp³-hybridized carbons (Fsp3) is 0.100. The van der Waals surface area contributed by atoms with Crippen molar-refractivity contribution in [3.63, 3.8) is 0 Å². The van der Waals surface area contributed by atoms with E-state index in [2.05, 4.69) is 26.1 Å². The van der Waals surface area contributed by atoms with Crippen LogP contribution < -0.4 is 5.73 Å². The third kappa shape index (κ3) is 1.74. The van der Waals surface area contributed by atoms with Gasteiger partial charge in [0.1, 0.15) is 5.82 Å². The molecule has 0 saturated heterocycles. The summed E-state index contributed by atoms with van der Waals surface area (Å²) < 4.78 is 13.8. The Morgan fingerprint density at radius 2 is 2.20 bits per heavy atom. The molecule has 1 aromatic heterocycles. The van der Waals surface area contributed by atoms with Crippen LogP contribution in [0, 0.1) is 12.7 Å². The first-order valence-electron chi connectivity index (χ1n) is 4.35. The van der Waals surface area contributed by atoms with Gasteiger partial charge in [-0.2, -0.15) is 5.10 Å². The Bertz CT molecular complexity index is 507. The maximum atomic E-state index is 13.1. The van der Waals surface area contributed by atoms with Crippen molar-refractivity contribution < 1.29 is 4.39 Å². The van der Waals surface area contributed by atoms with Gasteiger partial charge in [-0.25, -0.2) is 4.39 Å². The second-order valence-corrected chi connectivity index (χ2v) is 4.05. The first-order valence-corrected chi connectivity index (χ1v) is 5.14. The Morgan fingerprint density at radius 3 is 2.73 bits per heavy atom. The second kappa shape index (κ2) is 3.66. The number of nitrogens with two attached hydrogens (primary N) is 1. The number of halogens is 2. The predicted octanol–water partition coefficient (Wildman–Crippen LogP) is 2.87. The van der Waals surface area contributed by atoms with Crippen molar-refractivity contribution in [2.75, 3.05) is 5.73 Å². The minimum atomic E-state index is -0.220. The smallest absolute Gasteiger partial charge is 0.160 e. The fourth-order valence-electron chi connectivity index (χ4n) is 1.33. The Hall–Kier alpha value is -1.36. The van der Waals surface area contributed by atoms with Gasteiger partial charge in [0, 0.05) is 5.56 Å². The van der Waals surface area contributed by atoms with Gasteiger partial charge in [-0.05, 0) is 46.6 Å². The second-order valence-electron chi connectivity index (χ2n) is 3.26. The number of nitrogens with zero attached hydrogens (tertiary/aromatic N) is 1. The van der Waals surface area contributed by atoms with Gasteiger partial charge >= 0.3 is 0 Å². The van der Waals surface area contributed by atoms with Crippen LogP contribution in [0.4, 0.5) is 10.2 Å². The molecular formula is C10H9BrFN3. The molecule has 0 aliphatic carbocycles. The van der Waals surface area contributed by atoms with E-state index in [9.17, 15) is 4.39 Å². The summed E-state index contributed by atoms with van der Waals surface area (Å²) >= 11 is 3.32. The molecule has 78 valence electrons. The number of aryl methyl sites for hydroxylation is 1. The topological polar surface area (TPSA) is 54.7 Å². The lowest BCUT2D eigenvalue weighted by Gasteiger charge is -2.01. The maximum absolute atomic E-state index is 13.1. The molecule has 0 fully saturated rings. The SMILES string of the molecule is Cc1cc(-c2[nH]nc(N)c2Br)ccc1F. The molecule has 3 nitrogen and oxygen atoms in total. The van der Waals surface area contributed by atoms with Crippen LogP contribution in [0.1, 0.15) is 5.56 Å². The zero-order valence-electron chi connectivity index (χ0n) is 8.01. The highest BCUT2D eigenvalue weighted by Crippen LogP contribution is 2.30. The predicted molar refractivity (Wildman–Crippen MR) is 60.8 cm³/mol. The summed E-state index contributed by atoms with van der Waals surface area (Å²) in [4.78, 5) is 0. The summed E-state index contributed by atoms with van der Waals surface area (Å²) in [5.41, 5.74) is 7.78. The van der Waals surface area contributed by atoms with Gasteiger partial charge in [-0.1, -0.05) is 0 Å². The average molecular weight is 270 g/mol. The van der Waals surface area contributed by atoms with E-state index in [0.29, 0.717) is 15.9 Å². The number of aromatic nitrogens is 2. The highest BCUT2D eigenvalue weighted by Gasteiger charge is 2.10. The summed E-state index contributed by atoms with van der Waals surface area (Å²) in [7, 11) is 0. The number of rotatable bonds is 1. The highest BCUT2D eigenvalue weighted by molar-refractivity contribution is 9.10. The highest BCUT2D eigenvalue weighted by atomic mass is 79.9. The van der Waals surface area contributed by atoms with Crippen LogP contribution >= 0.6 is 15.9 Å². The van der Waals surface area contributed by atoms with Crippen LogP contribution in [0.5, 0.6) is 0 Å². The third-order valence-electron chi connectivity index (χ3n) is 2.18. The van der Waals surface area contributed by atoms with E-state index in [0.717, 1.165) is 11.3 Å². The van der Waals surface area contributed by atoms with E-state index in [1.807, 2.05) is 0 Å². The number of aromatic amines is 1. The van der Waals surface area contributed by atoms with Crippen molar-refractivity contribution >= 4 is 21.7 Å². The molecular weight excluding hydrogens is 261 g/mol. The van der Waals surface area contributed by atoms with Gasteiger partial charge in [0.15, 0.2) is 5.82 Å². The number of benzene rings is 1. The Morgan fingerprint density at radius 1 is 1.47 bits per heavy atom. The normalized spacial score (nSPS) is 10.6. The molecule has 0 bridgehead atoms. The molecule has 0 atom stereocenters. The van der Waals surface area contributed by atoms with Crippen molar-refractivity contribution in [1.29, 1.82) is 0 Å². The number of anilines is 1. The molecule has 0 unspecified atom stereocenters. The third-order valence-corrected chi connectivity index (χ3v) is 2.98. The summed E-state index contributed by atoms with van der Waals surface area (Å²) in [6, 6.07) is 4.85. The molecule has 0 aliphatic rings. The number of nitrogen functional groups attached to an aromatic ring is 1. The lowest BCUT2D eigenvalue weighted by atomic mass is 10.1. The van der Waals surface area contributed by atoms with Crippen LogP contribution in [0.25, 0.3) is 11.3 Å². The van der Waals surface area contributed by atoms with Gasteiger partial charge in [-0.15, -0.1) is 0 Å². The van der Waals surface area contributed by atoms with Crippen LogP contribution in [0.2, 0.25) is 0 Å². The molecule has 1 heterocycles. The van der Waals surface area contributed by atoms with E-state index in [-0.39, 0.29) is 5.82 Å². The number of nitrogens with one attached hydrogen (secondary N) is 1. The van der Waals surface area contributed by atoms with Crippen LogP contribution in [-0.4, -0.2) is 10.2 Å². The van der Waals surface area contributed by atoms with Crippen LogP contribution in [0.15, 0.2) is 22.7 Å². The number of hydrogen-bond acceptors (Lipinski definition) is 2. The minimum Gasteiger partial charge on any atom is -0.381 e. The summed E-state index contributed by atoms with van der Waals surface area (Å²) in [6.45, 7) is 1.71. The standard InChI is InChI=1S/C10H9BrFN3/c1-5-4-6(2-3-7(5)12)9-8(11)10(13)15-14-9/h2-4H,1H3,(H3,13,14,15). The largest absolute Gasteiger partial charge is 0.381 e. The first kappa shape index (κ1) is 10.2. The number of H-pyrrole nitrogens is 1. The molecule has 1 aromatic carbocycles. The quantitative estimate of drug-likeness (QED) is 0.837. The molecule has 2 aromatic rings. The lowest BCUT2D eigenvalue weighted by molar-refractivity contribution is 0.619. The molecule has 0 amide bonds. The molecule has 0 saturated carbocycles. The summed E-state index contributed by atoms with van der Waals surface area (Å²) in [5, 5.41) is 6.65. The molecule has 5 heteroatoms.